The Labute approximate surface area is 125 Å². The molecule has 1 aromatic carbocycles. The highest BCUT2D eigenvalue weighted by Gasteiger charge is 2.20. The highest BCUT2D eigenvalue weighted by Crippen LogP contribution is 2.29. The summed E-state index contributed by atoms with van der Waals surface area (Å²) in [6.07, 6.45) is 2.69. The van der Waals surface area contributed by atoms with Crippen LogP contribution in [0.4, 0.5) is 10.2 Å². The average molecular weight is 287 g/mol. The molecule has 0 amide bonds. The van der Waals surface area contributed by atoms with Gasteiger partial charge in [0.25, 0.3) is 0 Å². The number of hydrogen-bond acceptors (Lipinski definition) is 3. The van der Waals surface area contributed by atoms with Crippen molar-refractivity contribution in [2.24, 2.45) is 0 Å². The summed E-state index contributed by atoms with van der Waals surface area (Å²) in [6, 6.07) is 6.83. The lowest BCUT2D eigenvalue weighted by Gasteiger charge is -2.22. The minimum Gasteiger partial charge on any atom is -0.383 e. The van der Waals surface area contributed by atoms with Gasteiger partial charge in [-0.25, -0.2) is 9.37 Å². The molecule has 0 saturated heterocycles. The van der Waals surface area contributed by atoms with Gasteiger partial charge in [0, 0.05) is 17.3 Å². The van der Waals surface area contributed by atoms with Gasteiger partial charge in [0.2, 0.25) is 0 Å². The van der Waals surface area contributed by atoms with E-state index in [2.05, 4.69) is 17.2 Å². The van der Waals surface area contributed by atoms with Gasteiger partial charge in [0.15, 0.2) is 0 Å². The zero-order chi connectivity index (χ0) is 15.4. The van der Waals surface area contributed by atoms with E-state index in [1.165, 1.54) is 6.07 Å². The molecule has 3 nitrogen and oxygen atoms in total. The van der Waals surface area contributed by atoms with Crippen molar-refractivity contribution in [1.82, 2.24) is 10.3 Å². The third-order valence-corrected chi connectivity index (χ3v) is 3.46. The van der Waals surface area contributed by atoms with Crippen LogP contribution < -0.4 is 11.1 Å². The van der Waals surface area contributed by atoms with Gasteiger partial charge in [-0.05, 0) is 44.5 Å². The van der Waals surface area contributed by atoms with Crippen molar-refractivity contribution in [3.8, 4) is 0 Å². The number of aromatic nitrogens is 1. The summed E-state index contributed by atoms with van der Waals surface area (Å²) in [4.78, 5) is 4.20. The predicted octanol–water partition coefficient (Wildman–Crippen LogP) is 3.51. The molecule has 0 radical (unpaired) electrons. The molecule has 3 N–H and O–H groups in total. The molecule has 2 aromatic rings. The maximum Gasteiger partial charge on any atom is 0.128 e. The van der Waals surface area contributed by atoms with Crippen LogP contribution in [0.5, 0.6) is 0 Å². The van der Waals surface area contributed by atoms with E-state index in [1.54, 1.807) is 12.3 Å². The fourth-order valence-electron chi connectivity index (χ4n) is 2.39. The summed E-state index contributed by atoms with van der Waals surface area (Å²) in [5.41, 5.74) is 9.49. The van der Waals surface area contributed by atoms with E-state index in [4.69, 9.17) is 5.73 Å². The molecule has 0 aliphatic carbocycles. The second-order valence-corrected chi connectivity index (χ2v) is 5.40. The van der Waals surface area contributed by atoms with Gasteiger partial charge in [-0.3, -0.25) is 0 Å². The number of anilines is 1. The molecule has 4 heteroatoms. The second-order valence-electron chi connectivity index (χ2n) is 5.40. The lowest BCUT2D eigenvalue weighted by molar-refractivity contribution is 0.546. The predicted molar refractivity (Wildman–Crippen MR) is 84.7 cm³/mol. The van der Waals surface area contributed by atoms with Crippen molar-refractivity contribution in [2.75, 3.05) is 12.3 Å². The van der Waals surface area contributed by atoms with Gasteiger partial charge in [0.05, 0.1) is 6.04 Å². The Kier molecular flexibility index (Phi) is 4.91. The van der Waals surface area contributed by atoms with Gasteiger partial charge in [-0.15, -0.1) is 0 Å². The van der Waals surface area contributed by atoms with Crippen molar-refractivity contribution < 1.29 is 4.39 Å². The Balaban J connectivity index is 2.52. The Bertz CT molecular complexity index is 574. The molecule has 1 aromatic heterocycles. The van der Waals surface area contributed by atoms with E-state index >= 15 is 0 Å². The Morgan fingerprint density at radius 1 is 1.19 bits per heavy atom. The molecule has 0 aliphatic heterocycles. The summed E-state index contributed by atoms with van der Waals surface area (Å²) in [6.45, 7) is 6.77. The topological polar surface area (TPSA) is 50.9 Å². The average Bonchev–Trinajstić information content (AvgIpc) is 2.46. The summed E-state index contributed by atoms with van der Waals surface area (Å²) in [7, 11) is 0. The van der Waals surface area contributed by atoms with Crippen LogP contribution in [0, 0.1) is 19.7 Å². The zero-order valence-corrected chi connectivity index (χ0v) is 12.8. The number of hydrogen-bond donors (Lipinski definition) is 2. The van der Waals surface area contributed by atoms with Crippen LogP contribution in [0.15, 0.2) is 30.5 Å². The number of aryl methyl sites for hydroxylation is 2. The van der Waals surface area contributed by atoms with Gasteiger partial charge < -0.3 is 11.1 Å². The smallest absolute Gasteiger partial charge is 0.128 e. The van der Waals surface area contributed by atoms with Gasteiger partial charge in [0.1, 0.15) is 11.6 Å². The molecule has 0 aliphatic rings. The van der Waals surface area contributed by atoms with Gasteiger partial charge in [-0.1, -0.05) is 24.6 Å². The lowest BCUT2D eigenvalue weighted by Crippen LogP contribution is -2.25. The standard InChI is InChI=1S/C17H22FN3/c1-4-7-20-16(13-8-11(2)5-6-15(13)18)14-9-12(3)10-21-17(14)19/h5-6,8-10,16,20H,4,7H2,1-3H3,(H2,19,21). The first-order valence-electron chi connectivity index (χ1n) is 7.24. The second kappa shape index (κ2) is 6.68. The molecule has 2 rings (SSSR count). The van der Waals surface area contributed by atoms with Crippen molar-refractivity contribution in [2.45, 2.75) is 33.2 Å². The van der Waals surface area contributed by atoms with Gasteiger partial charge >= 0.3 is 0 Å². The fraction of sp³-hybridized carbons (Fsp3) is 0.353. The summed E-state index contributed by atoms with van der Waals surface area (Å²) in [5, 5.41) is 3.38. The number of nitrogen functional groups attached to an aromatic ring is 1. The number of rotatable bonds is 5. The summed E-state index contributed by atoms with van der Waals surface area (Å²) >= 11 is 0. The molecule has 0 bridgehead atoms. The third-order valence-electron chi connectivity index (χ3n) is 3.46. The zero-order valence-electron chi connectivity index (χ0n) is 12.8. The maximum atomic E-state index is 14.3. The lowest BCUT2D eigenvalue weighted by atomic mass is 9.96. The molecule has 1 unspecified atom stereocenters. The number of halogens is 1. The van der Waals surface area contributed by atoms with E-state index in [1.807, 2.05) is 26.0 Å². The van der Waals surface area contributed by atoms with Gasteiger partial charge in [-0.2, -0.15) is 0 Å². The van der Waals surface area contributed by atoms with Crippen LogP contribution >= 0.6 is 0 Å². The Hall–Kier alpha value is -1.94. The SMILES string of the molecule is CCCNC(c1cc(C)ccc1F)c1cc(C)cnc1N. The van der Waals surface area contributed by atoms with E-state index < -0.39 is 0 Å². The molecule has 1 heterocycles. The highest BCUT2D eigenvalue weighted by atomic mass is 19.1. The number of pyridine rings is 1. The van der Waals surface area contributed by atoms with Crippen LogP contribution in [0.2, 0.25) is 0 Å². The largest absolute Gasteiger partial charge is 0.383 e. The van der Waals surface area contributed by atoms with Crippen LogP contribution in [0.1, 0.15) is 41.6 Å². The van der Waals surface area contributed by atoms with E-state index in [-0.39, 0.29) is 11.9 Å². The Morgan fingerprint density at radius 2 is 1.90 bits per heavy atom. The molecular weight excluding hydrogens is 265 g/mol. The number of nitrogens with one attached hydrogen (secondary N) is 1. The molecular formula is C17H22FN3. The van der Waals surface area contributed by atoms with Crippen LogP contribution in [0.25, 0.3) is 0 Å². The number of benzene rings is 1. The van der Waals surface area contributed by atoms with Crippen molar-refractivity contribution in [3.05, 3.63) is 58.5 Å². The fourth-order valence-corrected chi connectivity index (χ4v) is 2.39. The normalized spacial score (nSPS) is 12.4. The van der Waals surface area contributed by atoms with Crippen LogP contribution in [0.3, 0.4) is 0 Å². The molecule has 0 saturated carbocycles. The minimum absolute atomic E-state index is 0.227. The maximum absolute atomic E-state index is 14.3. The molecule has 21 heavy (non-hydrogen) atoms. The Morgan fingerprint density at radius 3 is 2.62 bits per heavy atom. The van der Waals surface area contributed by atoms with Crippen molar-refractivity contribution in [1.29, 1.82) is 0 Å². The van der Waals surface area contributed by atoms with Crippen molar-refractivity contribution >= 4 is 5.82 Å². The first-order valence-corrected chi connectivity index (χ1v) is 7.24. The summed E-state index contributed by atoms with van der Waals surface area (Å²) < 4.78 is 14.3. The van der Waals surface area contributed by atoms with Crippen LogP contribution in [-0.4, -0.2) is 11.5 Å². The van der Waals surface area contributed by atoms with Crippen LogP contribution in [-0.2, 0) is 0 Å². The first-order chi connectivity index (χ1) is 10.0. The monoisotopic (exact) mass is 287 g/mol. The van der Waals surface area contributed by atoms with E-state index in [9.17, 15) is 4.39 Å². The number of nitrogens with two attached hydrogens (primary N) is 1. The number of nitrogens with zero attached hydrogens (tertiary/aromatic N) is 1. The highest BCUT2D eigenvalue weighted by molar-refractivity contribution is 5.47. The quantitative estimate of drug-likeness (QED) is 0.884. The van der Waals surface area contributed by atoms with E-state index in [0.29, 0.717) is 11.4 Å². The summed E-state index contributed by atoms with van der Waals surface area (Å²) in [5.74, 6) is 0.213. The molecule has 0 spiro atoms. The molecule has 1 atom stereocenters. The molecule has 0 fully saturated rings. The third kappa shape index (κ3) is 3.58. The molecule has 112 valence electrons. The van der Waals surface area contributed by atoms with E-state index in [0.717, 1.165) is 29.7 Å². The first kappa shape index (κ1) is 15.4. The minimum atomic E-state index is -0.280. The van der Waals surface area contributed by atoms with Crippen molar-refractivity contribution in [3.63, 3.8) is 0 Å².